The van der Waals surface area contributed by atoms with E-state index in [9.17, 15) is 18.0 Å². The van der Waals surface area contributed by atoms with Crippen LogP contribution in [0.2, 0.25) is 0 Å². The van der Waals surface area contributed by atoms with Crippen molar-refractivity contribution in [2.75, 3.05) is 18.1 Å². The molecule has 1 aromatic heterocycles. The first-order valence-corrected chi connectivity index (χ1v) is 8.20. The van der Waals surface area contributed by atoms with Crippen LogP contribution < -0.4 is 5.32 Å². The average Bonchev–Trinajstić information content (AvgIpc) is 2.70. The first kappa shape index (κ1) is 15.4. The van der Waals surface area contributed by atoms with Gasteiger partial charge in [0.1, 0.15) is 0 Å². The Balaban J connectivity index is 1.85. The molecule has 1 aromatic rings. The lowest BCUT2D eigenvalue weighted by Gasteiger charge is -2.23. The first-order valence-electron chi connectivity index (χ1n) is 6.38. The SMILES string of the molecule is C[C@]1(NC(=O)COC(=O)c2ccncc2)CCS(=O)(=O)C1. The van der Waals surface area contributed by atoms with Crippen molar-refractivity contribution in [2.24, 2.45) is 0 Å². The second-order valence-electron chi connectivity index (χ2n) is 5.26. The zero-order valence-corrected chi connectivity index (χ0v) is 12.4. The van der Waals surface area contributed by atoms with Gasteiger partial charge in [-0.05, 0) is 25.5 Å². The maximum Gasteiger partial charge on any atom is 0.338 e. The first-order chi connectivity index (χ1) is 9.80. The molecule has 1 aliphatic rings. The molecule has 0 aromatic carbocycles. The predicted molar refractivity (Wildman–Crippen MR) is 74.3 cm³/mol. The van der Waals surface area contributed by atoms with Crippen LogP contribution in [0.25, 0.3) is 0 Å². The summed E-state index contributed by atoms with van der Waals surface area (Å²) >= 11 is 0. The Morgan fingerprint density at radius 2 is 2.05 bits per heavy atom. The van der Waals surface area contributed by atoms with Gasteiger partial charge in [-0.15, -0.1) is 0 Å². The quantitative estimate of drug-likeness (QED) is 0.781. The highest BCUT2D eigenvalue weighted by molar-refractivity contribution is 7.91. The number of esters is 1. The van der Waals surface area contributed by atoms with E-state index in [1.807, 2.05) is 0 Å². The topological polar surface area (TPSA) is 102 Å². The van der Waals surface area contributed by atoms with Gasteiger partial charge in [-0.3, -0.25) is 9.78 Å². The van der Waals surface area contributed by atoms with Crippen molar-refractivity contribution >= 4 is 21.7 Å². The van der Waals surface area contributed by atoms with Gasteiger partial charge in [-0.1, -0.05) is 0 Å². The molecule has 8 heteroatoms. The van der Waals surface area contributed by atoms with Crippen LogP contribution in [0.4, 0.5) is 0 Å². The molecule has 1 amide bonds. The lowest BCUT2D eigenvalue weighted by atomic mass is 10.0. The molecule has 0 radical (unpaired) electrons. The lowest BCUT2D eigenvalue weighted by molar-refractivity contribution is -0.125. The van der Waals surface area contributed by atoms with Crippen molar-refractivity contribution in [1.82, 2.24) is 10.3 Å². The van der Waals surface area contributed by atoms with Crippen molar-refractivity contribution in [1.29, 1.82) is 0 Å². The van der Waals surface area contributed by atoms with Crippen molar-refractivity contribution in [3.63, 3.8) is 0 Å². The van der Waals surface area contributed by atoms with Crippen LogP contribution >= 0.6 is 0 Å². The highest BCUT2D eigenvalue weighted by Crippen LogP contribution is 2.22. The van der Waals surface area contributed by atoms with Gasteiger partial charge in [0.2, 0.25) is 0 Å². The molecule has 2 heterocycles. The van der Waals surface area contributed by atoms with Gasteiger partial charge in [-0.2, -0.15) is 0 Å². The fraction of sp³-hybridized carbons (Fsp3) is 0.462. The van der Waals surface area contributed by atoms with E-state index in [0.717, 1.165) is 0 Å². The Bertz CT molecular complexity index is 644. The maximum absolute atomic E-state index is 11.8. The maximum atomic E-state index is 11.8. The van der Waals surface area contributed by atoms with E-state index in [-0.39, 0.29) is 11.5 Å². The monoisotopic (exact) mass is 312 g/mol. The van der Waals surface area contributed by atoms with Crippen molar-refractivity contribution in [3.8, 4) is 0 Å². The normalized spacial score (nSPS) is 23.5. The number of sulfone groups is 1. The van der Waals surface area contributed by atoms with Gasteiger partial charge in [-0.25, -0.2) is 13.2 Å². The molecule has 0 spiro atoms. The summed E-state index contributed by atoms with van der Waals surface area (Å²) in [6, 6.07) is 2.95. The van der Waals surface area contributed by atoms with Gasteiger partial charge in [0, 0.05) is 12.4 Å². The minimum Gasteiger partial charge on any atom is -0.452 e. The number of ether oxygens (including phenoxy) is 1. The highest BCUT2D eigenvalue weighted by Gasteiger charge is 2.39. The molecule has 0 bridgehead atoms. The minimum atomic E-state index is -3.10. The van der Waals surface area contributed by atoms with E-state index >= 15 is 0 Å². The molecule has 114 valence electrons. The molecule has 0 aliphatic carbocycles. The fourth-order valence-corrected chi connectivity index (χ4v) is 4.28. The average molecular weight is 312 g/mol. The number of hydrogen-bond acceptors (Lipinski definition) is 6. The molecule has 1 aliphatic heterocycles. The number of nitrogens with zero attached hydrogens (tertiary/aromatic N) is 1. The Labute approximate surface area is 122 Å². The molecule has 2 rings (SSSR count). The van der Waals surface area contributed by atoms with Crippen LogP contribution in [-0.2, 0) is 19.4 Å². The van der Waals surface area contributed by atoms with E-state index in [1.165, 1.54) is 24.5 Å². The van der Waals surface area contributed by atoms with Crippen LogP contribution in [0.5, 0.6) is 0 Å². The number of pyridine rings is 1. The van der Waals surface area contributed by atoms with Gasteiger partial charge >= 0.3 is 5.97 Å². The highest BCUT2D eigenvalue weighted by atomic mass is 32.2. The second kappa shape index (κ2) is 5.80. The third-order valence-corrected chi connectivity index (χ3v) is 5.10. The Hall–Kier alpha value is -1.96. The van der Waals surface area contributed by atoms with Crippen molar-refractivity contribution in [3.05, 3.63) is 30.1 Å². The molecule has 7 nitrogen and oxygen atoms in total. The summed E-state index contributed by atoms with van der Waals surface area (Å²) in [4.78, 5) is 27.2. The number of nitrogens with one attached hydrogen (secondary N) is 1. The van der Waals surface area contributed by atoms with Crippen LogP contribution in [0, 0.1) is 0 Å². The number of aromatic nitrogens is 1. The van der Waals surface area contributed by atoms with Gasteiger partial charge in [0.15, 0.2) is 16.4 Å². The molecule has 0 saturated carbocycles. The van der Waals surface area contributed by atoms with Crippen LogP contribution in [0.15, 0.2) is 24.5 Å². The number of carbonyl (C=O) groups is 2. The largest absolute Gasteiger partial charge is 0.452 e. The lowest BCUT2D eigenvalue weighted by Crippen LogP contribution is -2.48. The molecule has 1 atom stereocenters. The summed E-state index contributed by atoms with van der Waals surface area (Å²) in [5.41, 5.74) is -0.494. The number of rotatable bonds is 4. The molecule has 21 heavy (non-hydrogen) atoms. The molecular formula is C13H16N2O5S. The standard InChI is InChI=1S/C13H16N2O5S/c1-13(4-7-21(18,19)9-13)15-11(16)8-20-12(17)10-2-5-14-6-3-10/h2-3,5-6H,4,7-9H2,1H3,(H,15,16)/t13-/m0/s1. The summed E-state index contributed by atoms with van der Waals surface area (Å²) in [6.07, 6.45) is 3.25. The van der Waals surface area contributed by atoms with Gasteiger partial charge in [0.25, 0.3) is 5.91 Å². The van der Waals surface area contributed by atoms with Crippen LogP contribution in [0.3, 0.4) is 0 Å². The van der Waals surface area contributed by atoms with Crippen LogP contribution in [0.1, 0.15) is 23.7 Å². The zero-order valence-electron chi connectivity index (χ0n) is 11.5. The molecule has 1 fully saturated rings. The summed E-state index contributed by atoms with van der Waals surface area (Å²) in [5.74, 6) is -1.18. The predicted octanol–water partition coefficient (Wildman–Crippen LogP) is -0.0682. The molecule has 1 N–H and O–H groups in total. The second-order valence-corrected chi connectivity index (χ2v) is 7.45. The van der Waals surface area contributed by atoms with E-state index in [0.29, 0.717) is 12.0 Å². The molecule has 0 unspecified atom stereocenters. The smallest absolute Gasteiger partial charge is 0.338 e. The molecular weight excluding hydrogens is 296 g/mol. The van der Waals surface area contributed by atoms with Gasteiger partial charge < -0.3 is 10.1 Å². The van der Waals surface area contributed by atoms with Crippen molar-refractivity contribution in [2.45, 2.75) is 18.9 Å². The third kappa shape index (κ3) is 4.25. The number of hydrogen-bond donors (Lipinski definition) is 1. The zero-order chi connectivity index (χ0) is 15.5. The Kier molecular flexibility index (Phi) is 4.26. The summed E-state index contributed by atoms with van der Waals surface area (Å²) in [5, 5.41) is 2.61. The van der Waals surface area contributed by atoms with E-state index < -0.39 is 33.9 Å². The molecule has 1 saturated heterocycles. The summed E-state index contributed by atoms with van der Waals surface area (Å²) < 4.78 is 27.7. The van der Waals surface area contributed by atoms with Crippen molar-refractivity contribution < 1.29 is 22.7 Å². The van der Waals surface area contributed by atoms with Gasteiger partial charge in [0.05, 0.1) is 22.6 Å². The van der Waals surface area contributed by atoms with E-state index in [2.05, 4.69) is 10.3 Å². The van der Waals surface area contributed by atoms with E-state index in [4.69, 9.17) is 4.74 Å². The van der Waals surface area contributed by atoms with E-state index in [1.54, 1.807) is 6.92 Å². The Morgan fingerprint density at radius 1 is 1.38 bits per heavy atom. The third-order valence-electron chi connectivity index (χ3n) is 3.19. The number of carbonyl (C=O) groups excluding carboxylic acids is 2. The van der Waals surface area contributed by atoms with Crippen LogP contribution in [-0.4, -0.2) is 48.9 Å². The minimum absolute atomic E-state index is 0.0561. The summed E-state index contributed by atoms with van der Waals surface area (Å²) in [6.45, 7) is 1.22. The fourth-order valence-electron chi connectivity index (χ4n) is 2.18. The summed E-state index contributed by atoms with van der Waals surface area (Å²) in [7, 11) is -3.10. The number of amides is 1. The Morgan fingerprint density at radius 3 is 2.62 bits per heavy atom.